The van der Waals surface area contributed by atoms with Crippen LogP contribution in [-0.2, 0) is 11.0 Å². The van der Waals surface area contributed by atoms with Crippen LogP contribution in [0.2, 0.25) is 0 Å². The van der Waals surface area contributed by atoms with Gasteiger partial charge in [-0.25, -0.2) is 4.68 Å². The number of ketones is 1. The number of ether oxygens (including phenoxy) is 1. The maximum Gasteiger partial charge on any atom is 0.453 e. The topological polar surface area (TPSA) is 69.0 Å². The quantitative estimate of drug-likeness (QED) is 0.885. The summed E-state index contributed by atoms with van der Waals surface area (Å²) in [6.45, 7) is 0. The molecule has 1 atom stereocenters. The van der Waals surface area contributed by atoms with Gasteiger partial charge in [-0.15, -0.1) is 5.10 Å². The van der Waals surface area contributed by atoms with Crippen molar-refractivity contribution < 1.29 is 22.7 Å². The summed E-state index contributed by atoms with van der Waals surface area (Å²) in [4.78, 5) is 16.2. The first kappa shape index (κ1) is 16.6. The van der Waals surface area contributed by atoms with Crippen LogP contribution in [0.3, 0.4) is 0 Å². The zero-order valence-electron chi connectivity index (χ0n) is 13.8. The van der Waals surface area contributed by atoms with Crippen LogP contribution < -0.4 is 10.1 Å². The standard InChI is InChI=1S/C17H15F3N4O2/c1-26-12-8-3-2-5-9(12)14-13-10(6-4-7-11(13)25)21-16-22-15(17(18,19)20)23-24(14)16/h2-3,5,8,14H,4,6-7H2,1H3,(H,21,22,23). The third kappa shape index (κ3) is 2.54. The summed E-state index contributed by atoms with van der Waals surface area (Å²) >= 11 is 0. The number of benzene rings is 1. The van der Waals surface area contributed by atoms with Gasteiger partial charge in [-0.1, -0.05) is 18.2 Å². The van der Waals surface area contributed by atoms with E-state index in [-0.39, 0.29) is 11.7 Å². The highest BCUT2D eigenvalue weighted by Gasteiger charge is 2.42. The lowest BCUT2D eigenvalue weighted by atomic mass is 9.85. The molecule has 1 aromatic carbocycles. The molecule has 0 bridgehead atoms. The Morgan fingerprint density at radius 1 is 1.27 bits per heavy atom. The average Bonchev–Trinajstić information content (AvgIpc) is 3.04. The maximum absolute atomic E-state index is 13.1. The molecule has 0 saturated heterocycles. The molecule has 26 heavy (non-hydrogen) atoms. The number of anilines is 1. The number of rotatable bonds is 2. The minimum absolute atomic E-state index is 0.0262. The molecule has 1 aliphatic heterocycles. The second kappa shape index (κ2) is 5.86. The molecule has 6 nitrogen and oxygen atoms in total. The fraction of sp³-hybridized carbons (Fsp3) is 0.353. The highest BCUT2D eigenvalue weighted by Crippen LogP contribution is 2.43. The van der Waals surface area contributed by atoms with Crippen LogP contribution >= 0.6 is 0 Å². The van der Waals surface area contributed by atoms with E-state index in [9.17, 15) is 18.0 Å². The van der Waals surface area contributed by atoms with Crippen LogP contribution in [0.4, 0.5) is 19.1 Å². The van der Waals surface area contributed by atoms with E-state index in [0.29, 0.717) is 41.8 Å². The number of nitrogens with one attached hydrogen (secondary N) is 1. The molecule has 0 amide bonds. The lowest BCUT2D eigenvalue weighted by Crippen LogP contribution is -2.31. The number of halogens is 3. The van der Waals surface area contributed by atoms with Crippen molar-refractivity contribution in [1.29, 1.82) is 0 Å². The molecule has 1 aromatic heterocycles. The lowest BCUT2D eigenvalue weighted by molar-refractivity contribution is -0.145. The van der Waals surface area contributed by atoms with E-state index in [0.717, 1.165) is 4.68 Å². The van der Waals surface area contributed by atoms with E-state index in [1.54, 1.807) is 24.3 Å². The molecule has 2 aromatic rings. The summed E-state index contributed by atoms with van der Waals surface area (Å²) in [5, 5.41) is 6.52. The Balaban J connectivity index is 1.95. The zero-order valence-corrected chi connectivity index (χ0v) is 13.8. The molecule has 2 aliphatic rings. The van der Waals surface area contributed by atoms with Gasteiger partial charge in [0.2, 0.25) is 5.95 Å². The molecule has 4 rings (SSSR count). The van der Waals surface area contributed by atoms with E-state index >= 15 is 0 Å². The number of methoxy groups -OCH3 is 1. The number of para-hydroxylation sites is 1. The highest BCUT2D eigenvalue weighted by atomic mass is 19.4. The van der Waals surface area contributed by atoms with Gasteiger partial charge in [0, 0.05) is 23.3 Å². The van der Waals surface area contributed by atoms with Crippen molar-refractivity contribution in [1.82, 2.24) is 14.8 Å². The summed E-state index contributed by atoms with van der Waals surface area (Å²) in [5.74, 6) is -0.905. The van der Waals surface area contributed by atoms with Crippen LogP contribution in [0.5, 0.6) is 5.75 Å². The third-order valence-corrected chi connectivity index (χ3v) is 4.56. The Hall–Kier alpha value is -2.84. The summed E-state index contributed by atoms with van der Waals surface area (Å²) in [6.07, 6.45) is -3.12. The molecule has 0 fully saturated rings. The Morgan fingerprint density at radius 3 is 2.77 bits per heavy atom. The van der Waals surface area contributed by atoms with Crippen molar-refractivity contribution in [3.63, 3.8) is 0 Å². The van der Waals surface area contributed by atoms with Gasteiger partial charge in [0.05, 0.1) is 7.11 Å². The van der Waals surface area contributed by atoms with E-state index in [2.05, 4.69) is 15.4 Å². The van der Waals surface area contributed by atoms with Crippen molar-refractivity contribution in [2.24, 2.45) is 0 Å². The molecule has 136 valence electrons. The monoisotopic (exact) mass is 364 g/mol. The Morgan fingerprint density at radius 2 is 2.04 bits per heavy atom. The Kier molecular flexibility index (Phi) is 3.74. The van der Waals surface area contributed by atoms with Crippen LogP contribution in [0.25, 0.3) is 0 Å². The van der Waals surface area contributed by atoms with Gasteiger partial charge < -0.3 is 10.1 Å². The molecule has 1 N–H and O–H groups in total. The Bertz CT molecular complexity index is 917. The zero-order chi connectivity index (χ0) is 18.5. The van der Waals surface area contributed by atoms with Crippen LogP contribution in [0, 0.1) is 0 Å². The van der Waals surface area contributed by atoms with Gasteiger partial charge in [-0.3, -0.25) is 4.79 Å². The maximum atomic E-state index is 13.1. The van der Waals surface area contributed by atoms with E-state index in [1.807, 2.05) is 0 Å². The average molecular weight is 364 g/mol. The minimum Gasteiger partial charge on any atom is -0.496 e. The largest absolute Gasteiger partial charge is 0.496 e. The smallest absolute Gasteiger partial charge is 0.453 e. The molecule has 9 heteroatoms. The first-order chi connectivity index (χ1) is 12.4. The number of alkyl halides is 3. The first-order valence-corrected chi connectivity index (χ1v) is 8.10. The molecule has 1 unspecified atom stereocenters. The highest BCUT2D eigenvalue weighted by molar-refractivity contribution is 5.99. The van der Waals surface area contributed by atoms with Crippen molar-refractivity contribution in [3.05, 3.63) is 46.9 Å². The van der Waals surface area contributed by atoms with Crippen LogP contribution in [-0.4, -0.2) is 27.7 Å². The van der Waals surface area contributed by atoms with E-state index in [1.165, 1.54) is 7.11 Å². The van der Waals surface area contributed by atoms with Crippen molar-refractivity contribution in [2.45, 2.75) is 31.5 Å². The predicted molar refractivity (Wildman–Crippen MR) is 85.7 cm³/mol. The number of aromatic nitrogens is 3. The SMILES string of the molecule is COc1ccccc1C1C2=C(CCCC2=O)Nc2nc(C(F)(F)F)nn21. The van der Waals surface area contributed by atoms with Crippen molar-refractivity contribution >= 4 is 11.7 Å². The molecule has 2 heterocycles. The van der Waals surface area contributed by atoms with Gasteiger partial charge in [0.1, 0.15) is 11.8 Å². The molecule has 0 spiro atoms. The van der Waals surface area contributed by atoms with Crippen molar-refractivity contribution in [2.75, 3.05) is 12.4 Å². The summed E-state index contributed by atoms with van der Waals surface area (Å²) in [5.41, 5.74) is 1.59. The fourth-order valence-corrected chi connectivity index (χ4v) is 3.46. The molecular formula is C17H15F3N4O2. The van der Waals surface area contributed by atoms with E-state index in [4.69, 9.17) is 4.74 Å². The second-order valence-corrected chi connectivity index (χ2v) is 6.14. The third-order valence-electron chi connectivity index (χ3n) is 4.56. The van der Waals surface area contributed by atoms with Gasteiger partial charge >= 0.3 is 6.18 Å². The van der Waals surface area contributed by atoms with Crippen molar-refractivity contribution in [3.8, 4) is 5.75 Å². The normalized spacial score (nSPS) is 19.7. The summed E-state index contributed by atoms with van der Waals surface area (Å²) < 4.78 is 45.9. The summed E-state index contributed by atoms with van der Waals surface area (Å²) in [6, 6.07) is 6.11. The minimum atomic E-state index is -4.68. The van der Waals surface area contributed by atoms with Gasteiger partial charge in [0.25, 0.3) is 5.82 Å². The number of carbonyl (C=O) groups excluding carboxylic acids is 1. The fourth-order valence-electron chi connectivity index (χ4n) is 3.46. The van der Waals surface area contributed by atoms with Crippen LogP contribution in [0.1, 0.15) is 36.7 Å². The molecular weight excluding hydrogens is 349 g/mol. The number of hydrogen-bond acceptors (Lipinski definition) is 5. The molecule has 0 radical (unpaired) electrons. The molecule has 1 aliphatic carbocycles. The first-order valence-electron chi connectivity index (χ1n) is 8.10. The van der Waals surface area contributed by atoms with Gasteiger partial charge in [-0.05, 0) is 18.9 Å². The van der Waals surface area contributed by atoms with E-state index < -0.39 is 18.0 Å². The second-order valence-electron chi connectivity index (χ2n) is 6.14. The number of Topliss-reactive ketones (excluding diaryl/α,β-unsaturated/α-hetero) is 1. The Labute approximate surface area is 146 Å². The predicted octanol–water partition coefficient (Wildman–Crippen LogP) is 3.33. The number of fused-ring (bicyclic) bond motifs is 1. The number of allylic oxidation sites excluding steroid dienone is 2. The lowest BCUT2D eigenvalue weighted by Gasteiger charge is -2.32. The van der Waals surface area contributed by atoms with Crippen LogP contribution in [0.15, 0.2) is 35.5 Å². The summed E-state index contributed by atoms with van der Waals surface area (Å²) in [7, 11) is 1.47. The number of carbonyl (C=O) groups is 1. The number of hydrogen-bond donors (Lipinski definition) is 1. The van der Waals surface area contributed by atoms with Gasteiger partial charge in [-0.2, -0.15) is 18.2 Å². The molecule has 0 saturated carbocycles. The van der Waals surface area contributed by atoms with Gasteiger partial charge in [0.15, 0.2) is 5.78 Å². The number of nitrogens with zero attached hydrogens (tertiary/aromatic N) is 3.